The van der Waals surface area contributed by atoms with Gasteiger partial charge in [0.25, 0.3) is 0 Å². The van der Waals surface area contributed by atoms with E-state index in [4.69, 9.17) is 0 Å². The first-order valence-corrected chi connectivity index (χ1v) is 5.49. The Morgan fingerprint density at radius 2 is 2.54 bits per heavy atom. The number of hydrogen-bond donors (Lipinski definition) is 1. The molecule has 4 nitrogen and oxygen atoms in total. The molecule has 1 N–H and O–H groups in total. The van der Waals surface area contributed by atoms with E-state index in [1.54, 1.807) is 24.2 Å². The van der Waals surface area contributed by atoms with Gasteiger partial charge >= 0.3 is 6.03 Å². The molecule has 0 aliphatic carbocycles. The minimum absolute atomic E-state index is 0.112. The smallest absolute Gasteiger partial charge is 0.326 e. The number of thioether (sulfide) groups is 1. The Kier molecular flexibility index (Phi) is 4.39. The third-order valence-electron chi connectivity index (χ3n) is 1.54. The Hall–Kier alpha value is -0.970. The van der Waals surface area contributed by atoms with Crippen LogP contribution in [-0.2, 0) is 0 Å². The van der Waals surface area contributed by atoms with E-state index in [2.05, 4.69) is 16.6 Å². The zero-order valence-corrected chi connectivity index (χ0v) is 8.38. The normalized spacial score (nSPS) is 9.92. The molecule has 1 heterocycles. The van der Waals surface area contributed by atoms with Crippen LogP contribution in [0.4, 0.5) is 4.79 Å². The third-order valence-corrected chi connectivity index (χ3v) is 2.24. The lowest BCUT2D eigenvalue weighted by atomic mass is 10.5. The molecule has 0 spiro atoms. The molecular weight excluding hydrogens is 186 g/mol. The summed E-state index contributed by atoms with van der Waals surface area (Å²) < 4.78 is 1.43. The summed E-state index contributed by atoms with van der Waals surface area (Å²) in [5, 5.41) is 2.79. The van der Waals surface area contributed by atoms with Crippen LogP contribution >= 0.6 is 11.8 Å². The first kappa shape index (κ1) is 10.1. The average Bonchev–Trinajstić information content (AvgIpc) is 2.65. The number of carbonyl (C=O) groups excluding carboxylic acids is 1. The molecule has 72 valence electrons. The summed E-state index contributed by atoms with van der Waals surface area (Å²) in [7, 11) is 0. The topological polar surface area (TPSA) is 46.9 Å². The van der Waals surface area contributed by atoms with Gasteiger partial charge in [-0.05, 0) is 18.4 Å². The highest BCUT2D eigenvalue weighted by Gasteiger charge is 2.00. The van der Waals surface area contributed by atoms with E-state index in [0.29, 0.717) is 0 Å². The summed E-state index contributed by atoms with van der Waals surface area (Å²) in [6, 6.07) is -0.112. The van der Waals surface area contributed by atoms with Crippen molar-refractivity contribution >= 4 is 17.8 Å². The second-order valence-corrected chi connectivity index (χ2v) is 3.53. The van der Waals surface area contributed by atoms with E-state index in [1.807, 2.05) is 0 Å². The van der Waals surface area contributed by atoms with Gasteiger partial charge in [-0.25, -0.2) is 9.78 Å². The molecule has 1 amide bonds. The molecule has 0 fully saturated rings. The van der Waals surface area contributed by atoms with E-state index in [1.165, 1.54) is 10.9 Å². The van der Waals surface area contributed by atoms with Crippen molar-refractivity contribution in [1.29, 1.82) is 0 Å². The Balaban J connectivity index is 2.19. The lowest BCUT2D eigenvalue weighted by Crippen LogP contribution is -2.28. The Labute approximate surface area is 81.7 Å². The molecule has 0 radical (unpaired) electrons. The van der Waals surface area contributed by atoms with Gasteiger partial charge in [-0.2, -0.15) is 11.8 Å². The van der Waals surface area contributed by atoms with Gasteiger partial charge in [-0.3, -0.25) is 4.57 Å². The largest absolute Gasteiger partial charge is 0.337 e. The lowest BCUT2D eigenvalue weighted by molar-refractivity contribution is 0.242. The van der Waals surface area contributed by atoms with Crippen molar-refractivity contribution in [2.75, 3.05) is 18.6 Å². The van der Waals surface area contributed by atoms with Crippen molar-refractivity contribution in [3.63, 3.8) is 0 Å². The zero-order chi connectivity index (χ0) is 9.52. The van der Waals surface area contributed by atoms with E-state index >= 15 is 0 Å². The highest BCUT2D eigenvalue weighted by Crippen LogP contribution is 1.93. The first-order valence-electron chi connectivity index (χ1n) is 4.09. The SMILES string of the molecule is CSCCCNC(=O)n1ccnc1. The summed E-state index contributed by atoms with van der Waals surface area (Å²) in [5.74, 6) is 1.07. The van der Waals surface area contributed by atoms with Crippen molar-refractivity contribution < 1.29 is 4.79 Å². The van der Waals surface area contributed by atoms with Gasteiger partial charge in [0, 0.05) is 18.9 Å². The van der Waals surface area contributed by atoms with Gasteiger partial charge in [0.1, 0.15) is 6.33 Å². The van der Waals surface area contributed by atoms with Crippen LogP contribution in [0.2, 0.25) is 0 Å². The summed E-state index contributed by atoms with van der Waals surface area (Å²) in [5.41, 5.74) is 0. The zero-order valence-electron chi connectivity index (χ0n) is 7.56. The summed E-state index contributed by atoms with van der Waals surface area (Å²) >= 11 is 1.78. The van der Waals surface area contributed by atoms with Crippen LogP contribution in [0.1, 0.15) is 6.42 Å². The second-order valence-electron chi connectivity index (χ2n) is 2.55. The quantitative estimate of drug-likeness (QED) is 0.741. The molecule has 1 rings (SSSR count). The Morgan fingerprint density at radius 3 is 3.15 bits per heavy atom. The van der Waals surface area contributed by atoms with E-state index < -0.39 is 0 Å². The van der Waals surface area contributed by atoms with Crippen molar-refractivity contribution in [2.24, 2.45) is 0 Å². The van der Waals surface area contributed by atoms with Gasteiger partial charge in [0.05, 0.1) is 0 Å². The number of hydrogen-bond acceptors (Lipinski definition) is 3. The average molecular weight is 199 g/mol. The summed E-state index contributed by atoms with van der Waals surface area (Å²) in [6.07, 6.45) is 7.76. The van der Waals surface area contributed by atoms with Crippen LogP contribution < -0.4 is 5.32 Å². The fourth-order valence-electron chi connectivity index (χ4n) is 0.882. The van der Waals surface area contributed by atoms with Gasteiger partial charge < -0.3 is 5.32 Å². The van der Waals surface area contributed by atoms with Crippen molar-refractivity contribution in [3.8, 4) is 0 Å². The number of amides is 1. The van der Waals surface area contributed by atoms with Gasteiger partial charge in [0.2, 0.25) is 0 Å². The van der Waals surface area contributed by atoms with Crippen LogP contribution in [0, 0.1) is 0 Å². The molecular formula is C8H13N3OS. The number of nitrogens with one attached hydrogen (secondary N) is 1. The maximum Gasteiger partial charge on any atom is 0.326 e. The van der Waals surface area contributed by atoms with E-state index in [-0.39, 0.29) is 6.03 Å². The van der Waals surface area contributed by atoms with Gasteiger partial charge in [0.15, 0.2) is 0 Å². The predicted octanol–water partition coefficient (Wildman–Crippen LogP) is 1.19. The number of imidazole rings is 1. The molecule has 0 saturated heterocycles. The number of aromatic nitrogens is 2. The van der Waals surface area contributed by atoms with Crippen LogP contribution in [0.25, 0.3) is 0 Å². The third kappa shape index (κ3) is 3.50. The molecule has 0 aliphatic heterocycles. The monoisotopic (exact) mass is 199 g/mol. The Morgan fingerprint density at radius 1 is 1.69 bits per heavy atom. The van der Waals surface area contributed by atoms with Gasteiger partial charge in [-0.1, -0.05) is 0 Å². The molecule has 1 aromatic heterocycles. The number of carbonyl (C=O) groups is 1. The standard InChI is InChI=1S/C8H13N3OS/c1-13-6-2-3-10-8(12)11-5-4-9-7-11/h4-5,7H,2-3,6H2,1H3,(H,10,12). The minimum Gasteiger partial charge on any atom is -0.337 e. The molecule has 1 aromatic rings. The van der Waals surface area contributed by atoms with Crippen molar-refractivity contribution in [3.05, 3.63) is 18.7 Å². The van der Waals surface area contributed by atoms with Crippen molar-refractivity contribution in [1.82, 2.24) is 14.9 Å². The van der Waals surface area contributed by atoms with E-state index in [0.717, 1.165) is 18.7 Å². The highest BCUT2D eigenvalue weighted by molar-refractivity contribution is 7.98. The fraction of sp³-hybridized carbons (Fsp3) is 0.500. The molecule has 0 saturated carbocycles. The molecule has 13 heavy (non-hydrogen) atoms. The molecule has 0 aromatic carbocycles. The van der Waals surface area contributed by atoms with Gasteiger partial charge in [-0.15, -0.1) is 0 Å². The van der Waals surface area contributed by atoms with Crippen LogP contribution in [0.3, 0.4) is 0 Å². The molecule has 0 atom stereocenters. The van der Waals surface area contributed by atoms with Crippen LogP contribution in [0.5, 0.6) is 0 Å². The number of nitrogens with zero attached hydrogens (tertiary/aromatic N) is 2. The first-order chi connectivity index (χ1) is 6.34. The molecule has 5 heteroatoms. The maximum atomic E-state index is 11.3. The number of rotatable bonds is 4. The second kappa shape index (κ2) is 5.64. The van der Waals surface area contributed by atoms with E-state index in [9.17, 15) is 4.79 Å². The van der Waals surface area contributed by atoms with Crippen molar-refractivity contribution in [2.45, 2.75) is 6.42 Å². The Bertz CT molecular complexity index is 248. The summed E-state index contributed by atoms with van der Waals surface area (Å²) in [6.45, 7) is 0.720. The highest BCUT2D eigenvalue weighted by atomic mass is 32.2. The summed E-state index contributed by atoms with van der Waals surface area (Å²) in [4.78, 5) is 15.1. The van der Waals surface area contributed by atoms with Crippen LogP contribution in [0.15, 0.2) is 18.7 Å². The minimum atomic E-state index is -0.112. The lowest BCUT2D eigenvalue weighted by Gasteiger charge is -2.03. The van der Waals surface area contributed by atoms with Crippen LogP contribution in [-0.4, -0.2) is 34.1 Å². The predicted molar refractivity (Wildman–Crippen MR) is 54.0 cm³/mol. The molecule has 0 unspecified atom stereocenters. The molecule has 0 aliphatic rings. The fourth-order valence-corrected chi connectivity index (χ4v) is 1.32. The molecule has 0 bridgehead atoms. The maximum absolute atomic E-state index is 11.3.